The Kier molecular flexibility index (Phi) is 3.98. The molecule has 0 saturated heterocycles. The maximum atomic E-state index is 12.3. The van der Waals surface area contributed by atoms with Crippen molar-refractivity contribution in [3.8, 4) is 0 Å². The summed E-state index contributed by atoms with van der Waals surface area (Å²) in [6.07, 6.45) is -2.75. The lowest BCUT2D eigenvalue weighted by Gasteiger charge is -2.05. The third kappa shape index (κ3) is 2.49. The van der Waals surface area contributed by atoms with Crippen LogP contribution in [0.5, 0.6) is 0 Å². The van der Waals surface area contributed by atoms with Crippen LogP contribution in [0.3, 0.4) is 0 Å². The molecule has 0 fully saturated rings. The highest BCUT2D eigenvalue weighted by molar-refractivity contribution is 14.1. The molecule has 0 spiro atoms. The van der Waals surface area contributed by atoms with E-state index in [9.17, 15) is 13.6 Å². The van der Waals surface area contributed by atoms with Gasteiger partial charge in [0, 0.05) is 0 Å². The van der Waals surface area contributed by atoms with Gasteiger partial charge in [-0.25, -0.2) is 18.6 Å². The average molecular weight is 425 g/mol. The largest absolute Gasteiger partial charge is 0.478 e. The van der Waals surface area contributed by atoms with Gasteiger partial charge < -0.3 is 5.11 Å². The van der Waals surface area contributed by atoms with Crippen molar-refractivity contribution < 1.29 is 18.7 Å². The van der Waals surface area contributed by atoms with Crippen molar-refractivity contribution in [2.45, 2.75) is 6.43 Å². The number of rotatable bonds is 2. The number of carbonyl (C=O) groups is 1. The molecule has 1 aromatic rings. The lowest BCUT2D eigenvalue weighted by molar-refractivity contribution is 0.0694. The highest BCUT2D eigenvalue weighted by Gasteiger charge is 2.18. The predicted molar refractivity (Wildman–Crippen MR) is 61.6 cm³/mol. The second-order valence-corrected chi connectivity index (χ2v) is 4.41. The van der Waals surface area contributed by atoms with Crippen molar-refractivity contribution in [3.05, 3.63) is 24.6 Å². The van der Waals surface area contributed by atoms with E-state index in [4.69, 9.17) is 5.11 Å². The molecule has 3 nitrogen and oxygen atoms in total. The van der Waals surface area contributed by atoms with Crippen molar-refractivity contribution in [3.63, 3.8) is 0 Å². The molecule has 1 N–H and O–H groups in total. The Balaban J connectivity index is 3.35. The van der Waals surface area contributed by atoms with Gasteiger partial charge in [0.2, 0.25) is 0 Å². The molecule has 0 atom stereocenters. The van der Waals surface area contributed by atoms with Gasteiger partial charge >= 0.3 is 5.97 Å². The van der Waals surface area contributed by atoms with E-state index >= 15 is 0 Å². The number of pyridine rings is 1. The van der Waals surface area contributed by atoms with Crippen LogP contribution in [0.25, 0.3) is 0 Å². The molecule has 1 heterocycles. The standard InChI is InChI=1S/C7H3F2I2NO2/c8-5(9)3-1-2(7(13)14)4(10)6(11)12-3/h1,5H,(H,13,14). The third-order valence-electron chi connectivity index (χ3n) is 1.39. The Morgan fingerprint density at radius 3 is 2.50 bits per heavy atom. The topological polar surface area (TPSA) is 50.2 Å². The third-order valence-corrected chi connectivity index (χ3v) is 4.30. The second-order valence-electron chi connectivity index (χ2n) is 2.31. The molecule has 0 bridgehead atoms. The quantitative estimate of drug-likeness (QED) is 0.586. The van der Waals surface area contributed by atoms with Crippen LogP contribution in [0.15, 0.2) is 6.07 Å². The highest BCUT2D eigenvalue weighted by Crippen LogP contribution is 2.24. The first-order chi connectivity index (χ1) is 6.43. The van der Waals surface area contributed by atoms with Gasteiger partial charge in [0.05, 0.1) is 9.13 Å². The summed E-state index contributed by atoms with van der Waals surface area (Å²) in [5, 5.41) is 8.72. The van der Waals surface area contributed by atoms with Crippen LogP contribution in [0, 0.1) is 7.27 Å². The summed E-state index contributed by atoms with van der Waals surface area (Å²) < 4.78 is 25.2. The molecule has 76 valence electrons. The monoisotopic (exact) mass is 425 g/mol. The number of nitrogens with zero attached hydrogens (tertiary/aromatic N) is 1. The number of hydrogen-bond donors (Lipinski definition) is 1. The van der Waals surface area contributed by atoms with Gasteiger partial charge in [0.15, 0.2) is 0 Å². The van der Waals surface area contributed by atoms with Crippen molar-refractivity contribution >= 4 is 51.2 Å². The van der Waals surface area contributed by atoms with Gasteiger partial charge in [0.1, 0.15) is 9.39 Å². The van der Waals surface area contributed by atoms with Gasteiger partial charge in [-0.2, -0.15) is 0 Å². The van der Waals surface area contributed by atoms with E-state index in [1.165, 1.54) is 0 Å². The molecule has 0 saturated carbocycles. The molecule has 0 aliphatic heterocycles. The van der Waals surface area contributed by atoms with Crippen LogP contribution in [0.2, 0.25) is 0 Å². The molecule has 14 heavy (non-hydrogen) atoms. The van der Waals surface area contributed by atoms with Crippen molar-refractivity contribution in [2.75, 3.05) is 0 Å². The lowest BCUT2D eigenvalue weighted by atomic mass is 10.2. The SMILES string of the molecule is O=C(O)c1cc(C(F)F)nc(I)c1I. The van der Waals surface area contributed by atoms with Crippen LogP contribution in [0.1, 0.15) is 22.5 Å². The molecule has 0 aromatic carbocycles. The smallest absolute Gasteiger partial charge is 0.336 e. The van der Waals surface area contributed by atoms with E-state index in [-0.39, 0.29) is 9.26 Å². The molecule has 0 amide bonds. The zero-order chi connectivity index (χ0) is 10.9. The van der Waals surface area contributed by atoms with E-state index in [2.05, 4.69) is 4.98 Å². The van der Waals surface area contributed by atoms with Crippen LogP contribution < -0.4 is 0 Å². The molecule has 7 heteroatoms. The molecular formula is C7H3F2I2NO2. The van der Waals surface area contributed by atoms with E-state index < -0.39 is 18.1 Å². The van der Waals surface area contributed by atoms with Crippen molar-refractivity contribution in [1.29, 1.82) is 0 Å². The second kappa shape index (κ2) is 4.64. The number of alkyl halides is 2. The molecule has 0 aliphatic rings. The summed E-state index contributed by atoms with van der Waals surface area (Å²) in [6, 6.07) is 0.900. The maximum absolute atomic E-state index is 12.3. The van der Waals surface area contributed by atoms with Crippen molar-refractivity contribution in [2.24, 2.45) is 0 Å². The Bertz CT molecular complexity index is 384. The average Bonchev–Trinajstić information content (AvgIpc) is 2.08. The molecule has 0 radical (unpaired) electrons. The van der Waals surface area contributed by atoms with Gasteiger partial charge in [-0.1, -0.05) is 0 Å². The normalized spacial score (nSPS) is 10.6. The zero-order valence-electron chi connectivity index (χ0n) is 6.47. The van der Waals surface area contributed by atoms with Gasteiger partial charge in [-0.15, -0.1) is 0 Å². The first-order valence-electron chi connectivity index (χ1n) is 3.31. The van der Waals surface area contributed by atoms with Crippen LogP contribution in [-0.4, -0.2) is 16.1 Å². The van der Waals surface area contributed by atoms with E-state index in [0.29, 0.717) is 3.57 Å². The Morgan fingerprint density at radius 1 is 1.50 bits per heavy atom. The Morgan fingerprint density at radius 2 is 2.07 bits per heavy atom. The molecule has 0 unspecified atom stereocenters. The number of carboxylic acids is 1. The van der Waals surface area contributed by atoms with Gasteiger partial charge in [-0.3, -0.25) is 0 Å². The number of aromatic carboxylic acids is 1. The van der Waals surface area contributed by atoms with Crippen LogP contribution in [0.4, 0.5) is 8.78 Å². The zero-order valence-corrected chi connectivity index (χ0v) is 10.8. The number of hydrogen-bond acceptors (Lipinski definition) is 2. The van der Waals surface area contributed by atoms with Crippen LogP contribution in [-0.2, 0) is 0 Å². The predicted octanol–water partition coefficient (Wildman–Crippen LogP) is 2.93. The van der Waals surface area contributed by atoms with Crippen LogP contribution >= 0.6 is 45.2 Å². The minimum atomic E-state index is -2.75. The number of halogens is 4. The van der Waals surface area contributed by atoms with Crippen molar-refractivity contribution in [1.82, 2.24) is 4.98 Å². The van der Waals surface area contributed by atoms with Gasteiger partial charge in [-0.05, 0) is 51.2 Å². The lowest BCUT2D eigenvalue weighted by Crippen LogP contribution is -2.06. The summed E-state index contributed by atoms with van der Waals surface area (Å²) in [4.78, 5) is 14.2. The van der Waals surface area contributed by atoms with E-state index in [1.807, 2.05) is 0 Å². The molecule has 0 aliphatic carbocycles. The minimum Gasteiger partial charge on any atom is -0.478 e. The minimum absolute atomic E-state index is 0.139. The highest BCUT2D eigenvalue weighted by atomic mass is 127. The first-order valence-corrected chi connectivity index (χ1v) is 5.46. The first kappa shape index (κ1) is 12.0. The molecular weight excluding hydrogens is 422 g/mol. The number of carboxylic acid groups (broad SMARTS) is 1. The Hall–Kier alpha value is -0.0600. The molecule has 1 aromatic heterocycles. The van der Waals surface area contributed by atoms with Gasteiger partial charge in [0.25, 0.3) is 6.43 Å². The maximum Gasteiger partial charge on any atom is 0.336 e. The summed E-state index contributed by atoms with van der Waals surface area (Å²) in [6.45, 7) is 0. The summed E-state index contributed by atoms with van der Waals surface area (Å²) in [5.74, 6) is -1.23. The Labute approximate surface area is 105 Å². The number of aromatic nitrogens is 1. The van der Waals surface area contributed by atoms with E-state index in [1.54, 1.807) is 45.2 Å². The summed E-state index contributed by atoms with van der Waals surface area (Å²) in [5.41, 5.74) is -0.646. The fourth-order valence-corrected chi connectivity index (χ4v) is 1.86. The fourth-order valence-electron chi connectivity index (χ4n) is 0.784. The fraction of sp³-hybridized carbons (Fsp3) is 0.143. The molecule has 1 rings (SSSR count). The van der Waals surface area contributed by atoms with E-state index in [0.717, 1.165) is 6.07 Å². The summed E-state index contributed by atoms with van der Waals surface area (Å²) >= 11 is 3.49. The summed E-state index contributed by atoms with van der Waals surface area (Å²) in [7, 11) is 0.